The minimum absolute atomic E-state index is 0.00856. The van der Waals surface area contributed by atoms with E-state index in [0.717, 1.165) is 0 Å². The van der Waals surface area contributed by atoms with Crippen molar-refractivity contribution >= 4 is 5.69 Å². The van der Waals surface area contributed by atoms with Gasteiger partial charge in [-0.05, 0) is 24.3 Å². The summed E-state index contributed by atoms with van der Waals surface area (Å²) in [6, 6.07) is 9.03. The minimum Gasteiger partial charge on any atom is -0.439 e. The van der Waals surface area contributed by atoms with E-state index in [2.05, 4.69) is 4.98 Å². The van der Waals surface area contributed by atoms with Crippen LogP contribution >= 0.6 is 0 Å². The lowest BCUT2D eigenvalue weighted by Crippen LogP contribution is -1.94. The molecule has 0 aliphatic heterocycles. The second kappa shape index (κ2) is 5.24. The van der Waals surface area contributed by atoms with Crippen LogP contribution in [0.4, 0.5) is 5.69 Å². The Morgan fingerprint density at radius 3 is 2.61 bits per heavy atom. The van der Waals surface area contributed by atoms with E-state index >= 15 is 0 Å². The topological polar surface area (TPSA) is 85.5 Å². The van der Waals surface area contributed by atoms with Crippen LogP contribution in [0.25, 0.3) is 0 Å². The van der Waals surface area contributed by atoms with Crippen LogP contribution in [0.3, 0.4) is 0 Å². The van der Waals surface area contributed by atoms with Crippen LogP contribution < -0.4 is 4.74 Å². The number of nitro groups is 1. The van der Waals surface area contributed by atoms with Crippen LogP contribution in [0.15, 0.2) is 42.6 Å². The van der Waals surface area contributed by atoms with Crippen molar-refractivity contribution in [2.75, 3.05) is 0 Å². The molecule has 1 aromatic heterocycles. The van der Waals surface area contributed by atoms with E-state index in [4.69, 9.17) is 9.84 Å². The normalized spacial score (nSPS) is 10.1. The molecule has 0 spiro atoms. The number of non-ortho nitro benzene ring substituents is 1. The van der Waals surface area contributed by atoms with Crippen molar-refractivity contribution in [3.63, 3.8) is 0 Å². The summed E-state index contributed by atoms with van der Waals surface area (Å²) < 4.78 is 5.44. The highest BCUT2D eigenvalue weighted by molar-refractivity contribution is 5.38. The third-order valence-corrected chi connectivity index (χ3v) is 2.28. The van der Waals surface area contributed by atoms with Crippen LogP contribution in [0, 0.1) is 10.1 Å². The number of nitro benzene ring substituents is 1. The van der Waals surface area contributed by atoms with Crippen LogP contribution in [-0.4, -0.2) is 15.0 Å². The molecule has 0 aliphatic rings. The number of hydrogen-bond donors (Lipinski definition) is 1. The third kappa shape index (κ3) is 2.61. The Bertz CT molecular complexity index is 554. The molecule has 1 heterocycles. The van der Waals surface area contributed by atoms with E-state index in [9.17, 15) is 10.1 Å². The van der Waals surface area contributed by atoms with Crippen molar-refractivity contribution < 1.29 is 14.8 Å². The number of rotatable bonds is 4. The largest absolute Gasteiger partial charge is 0.439 e. The van der Waals surface area contributed by atoms with Crippen LogP contribution in [0.5, 0.6) is 11.6 Å². The Morgan fingerprint density at radius 1 is 1.28 bits per heavy atom. The van der Waals surface area contributed by atoms with Crippen molar-refractivity contribution in [3.8, 4) is 11.6 Å². The van der Waals surface area contributed by atoms with Gasteiger partial charge in [0.25, 0.3) is 5.69 Å². The first-order valence-electron chi connectivity index (χ1n) is 5.18. The predicted molar refractivity (Wildman–Crippen MR) is 63.3 cm³/mol. The number of hydrogen-bond acceptors (Lipinski definition) is 5. The Hall–Kier alpha value is -2.47. The molecule has 2 rings (SSSR count). The summed E-state index contributed by atoms with van der Waals surface area (Å²) in [5.41, 5.74) is 0.543. The van der Waals surface area contributed by atoms with E-state index in [-0.39, 0.29) is 18.2 Å². The summed E-state index contributed by atoms with van der Waals surface area (Å²) in [4.78, 5) is 14.0. The second-order valence-corrected chi connectivity index (χ2v) is 3.48. The van der Waals surface area contributed by atoms with Crippen LogP contribution in [0.2, 0.25) is 0 Å². The molecule has 0 unspecified atom stereocenters. The number of pyridine rings is 1. The van der Waals surface area contributed by atoms with Gasteiger partial charge in [-0.1, -0.05) is 0 Å². The molecule has 0 aliphatic carbocycles. The number of nitrogens with zero attached hydrogens (tertiary/aromatic N) is 2. The molecule has 0 amide bonds. The first-order chi connectivity index (χ1) is 8.70. The maximum atomic E-state index is 10.5. The standard InChI is InChI=1S/C12H10N2O4/c15-8-9-2-1-7-13-12(9)18-11-5-3-10(4-6-11)14(16)17/h1-7,15H,8H2. The zero-order valence-electron chi connectivity index (χ0n) is 9.31. The molecule has 0 saturated heterocycles. The molecule has 92 valence electrons. The highest BCUT2D eigenvalue weighted by Gasteiger charge is 2.07. The lowest BCUT2D eigenvalue weighted by Gasteiger charge is -2.07. The average Bonchev–Trinajstić information content (AvgIpc) is 2.40. The lowest BCUT2D eigenvalue weighted by atomic mass is 10.3. The summed E-state index contributed by atoms with van der Waals surface area (Å²) in [6.07, 6.45) is 1.54. The maximum Gasteiger partial charge on any atom is 0.269 e. The van der Waals surface area contributed by atoms with Crippen LogP contribution in [0.1, 0.15) is 5.56 Å². The monoisotopic (exact) mass is 246 g/mol. The zero-order valence-corrected chi connectivity index (χ0v) is 9.31. The number of aromatic nitrogens is 1. The fraction of sp³-hybridized carbons (Fsp3) is 0.0833. The van der Waals surface area contributed by atoms with Crippen molar-refractivity contribution in [3.05, 3.63) is 58.3 Å². The first kappa shape index (κ1) is 12.0. The van der Waals surface area contributed by atoms with Crippen molar-refractivity contribution in [1.82, 2.24) is 4.98 Å². The number of ether oxygens (including phenoxy) is 1. The molecular formula is C12H10N2O4. The SMILES string of the molecule is O=[N+]([O-])c1ccc(Oc2ncccc2CO)cc1. The van der Waals surface area contributed by atoms with Gasteiger partial charge in [-0.25, -0.2) is 4.98 Å². The minimum atomic E-state index is -0.482. The Morgan fingerprint density at radius 2 is 2.00 bits per heavy atom. The van der Waals surface area contributed by atoms with Gasteiger partial charge in [-0.3, -0.25) is 10.1 Å². The van der Waals surface area contributed by atoms with E-state index in [1.807, 2.05) is 0 Å². The summed E-state index contributed by atoms with van der Waals surface area (Å²) in [5, 5.41) is 19.6. The maximum absolute atomic E-state index is 10.5. The number of aliphatic hydroxyl groups is 1. The summed E-state index contributed by atoms with van der Waals surface area (Å²) in [7, 11) is 0. The predicted octanol–water partition coefficient (Wildman–Crippen LogP) is 2.27. The van der Waals surface area contributed by atoms with Gasteiger partial charge in [0.2, 0.25) is 5.88 Å². The van der Waals surface area contributed by atoms with Gasteiger partial charge >= 0.3 is 0 Å². The first-order valence-corrected chi connectivity index (χ1v) is 5.18. The van der Waals surface area contributed by atoms with E-state index < -0.39 is 4.92 Å². The lowest BCUT2D eigenvalue weighted by molar-refractivity contribution is -0.384. The van der Waals surface area contributed by atoms with E-state index in [1.54, 1.807) is 18.3 Å². The van der Waals surface area contributed by atoms with Gasteiger partial charge in [0, 0.05) is 23.9 Å². The highest BCUT2D eigenvalue weighted by atomic mass is 16.6. The molecule has 2 aromatic rings. The molecule has 0 saturated carbocycles. The van der Waals surface area contributed by atoms with E-state index in [0.29, 0.717) is 11.3 Å². The fourth-order valence-electron chi connectivity index (χ4n) is 1.38. The quantitative estimate of drug-likeness (QED) is 0.660. The molecule has 6 heteroatoms. The highest BCUT2D eigenvalue weighted by Crippen LogP contribution is 2.24. The Kier molecular flexibility index (Phi) is 3.49. The third-order valence-electron chi connectivity index (χ3n) is 2.28. The molecule has 6 nitrogen and oxygen atoms in total. The molecule has 18 heavy (non-hydrogen) atoms. The van der Waals surface area contributed by atoms with Gasteiger partial charge in [0.15, 0.2) is 0 Å². The molecule has 1 aromatic carbocycles. The van der Waals surface area contributed by atoms with Crippen molar-refractivity contribution in [2.24, 2.45) is 0 Å². The van der Waals surface area contributed by atoms with Gasteiger partial charge in [0.1, 0.15) is 5.75 Å². The summed E-state index contributed by atoms with van der Waals surface area (Å²) in [6.45, 7) is -0.184. The molecule has 0 fully saturated rings. The molecule has 0 radical (unpaired) electrons. The summed E-state index contributed by atoms with van der Waals surface area (Å²) in [5.74, 6) is 0.711. The van der Waals surface area contributed by atoms with Gasteiger partial charge < -0.3 is 9.84 Å². The van der Waals surface area contributed by atoms with Gasteiger partial charge in [0.05, 0.1) is 11.5 Å². The van der Waals surface area contributed by atoms with Gasteiger partial charge in [-0.2, -0.15) is 0 Å². The zero-order chi connectivity index (χ0) is 13.0. The van der Waals surface area contributed by atoms with Crippen molar-refractivity contribution in [1.29, 1.82) is 0 Å². The molecule has 0 bridgehead atoms. The van der Waals surface area contributed by atoms with Crippen LogP contribution in [-0.2, 0) is 6.61 Å². The van der Waals surface area contributed by atoms with Crippen molar-refractivity contribution in [2.45, 2.75) is 6.61 Å². The number of benzene rings is 1. The fourth-order valence-corrected chi connectivity index (χ4v) is 1.38. The molecule has 0 atom stereocenters. The smallest absolute Gasteiger partial charge is 0.269 e. The molecule has 1 N–H and O–H groups in total. The van der Waals surface area contributed by atoms with Gasteiger partial charge in [-0.15, -0.1) is 0 Å². The molecular weight excluding hydrogens is 236 g/mol. The van der Waals surface area contributed by atoms with E-state index in [1.165, 1.54) is 24.3 Å². The summed E-state index contributed by atoms with van der Waals surface area (Å²) >= 11 is 0. The Balaban J connectivity index is 2.21. The average molecular weight is 246 g/mol. The number of aliphatic hydroxyl groups excluding tert-OH is 1. The second-order valence-electron chi connectivity index (χ2n) is 3.48. The Labute approximate surface area is 103 Å².